The molecule has 0 saturated carbocycles. The number of hydrogen-bond donors (Lipinski definition) is 1. The lowest BCUT2D eigenvalue weighted by atomic mass is 10.1. The molecule has 0 spiro atoms. The molecule has 0 aliphatic carbocycles. The fourth-order valence-electron chi connectivity index (χ4n) is 2.21. The van der Waals surface area contributed by atoms with Crippen LogP contribution in [0.5, 0.6) is 11.5 Å². The third-order valence-corrected chi connectivity index (χ3v) is 3.55. The molecule has 104 valence electrons. The van der Waals surface area contributed by atoms with Gasteiger partial charge in [0.15, 0.2) is 11.5 Å². The Kier molecular flexibility index (Phi) is 3.70. The van der Waals surface area contributed by atoms with Gasteiger partial charge in [0, 0.05) is 16.8 Å². The summed E-state index contributed by atoms with van der Waals surface area (Å²) in [5, 5.41) is 4.18. The molecule has 20 heavy (non-hydrogen) atoms. The van der Waals surface area contributed by atoms with Gasteiger partial charge in [-0.15, -0.1) is 0 Å². The first kappa shape index (κ1) is 13.1. The number of benzene rings is 2. The highest BCUT2D eigenvalue weighted by molar-refractivity contribution is 6.30. The van der Waals surface area contributed by atoms with Gasteiger partial charge in [-0.2, -0.15) is 0 Å². The largest absolute Gasteiger partial charge is 0.486 e. The highest BCUT2D eigenvalue weighted by atomic mass is 35.5. The van der Waals surface area contributed by atoms with E-state index in [9.17, 15) is 0 Å². The number of hydrogen-bond acceptors (Lipinski definition) is 3. The molecular formula is C16H16ClNO2. The molecule has 2 aromatic carbocycles. The molecule has 1 aliphatic rings. The zero-order valence-corrected chi connectivity index (χ0v) is 12.0. The summed E-state index contributed by atoms with van der Waals surface area (Å²) in [4.78, 5) is 0. The Morgan fingerprint density at radius 1 is 1.00 bits per heavy atom. The summed E-state index contributed by atoms with van der Waals surface area (Å²) >= 11 is 5.89. The molecule has 0 saturated heterocycles. The van der Waals surface area contributed by atoms with Crippen LogP contribution in [-0.4, -0.2) is 13.2 Å². The van der Waals surface area contributed by atoms with E-state index in [0.717, 1.165) is 27.8 Å². The third kappa shape index (κ3) is 2.83. The molecule has 0 fully saturated rings. The van der Waals surface area contributed by atoms with E-state index in [4.69, 9.17) is 21.1 Å². The Morgan fingerprint density at radius 2 is 1.70 bits per heavy atom. The topological polar surface area (TPSA) is 30.5 Å². The van der Waals surface area contributed by atoms with Gasteiger partial charge in [-0.1, -0.05) is 17.7 Å². The Balaban J connectivity index is 1.76. The third-order valence-electron chi connectivity index (χ3n) is 3.29. The maximum absolute atomic E-state index is 5.89. The van der Waals surface area contributed by atoms with Crippen LogP contribution in [0.3, 0.4) is 0 Å². The minimum atomic E-state index is 0.173. The van der Waals surface area contributed by atoms with Crippen molar-refractivity contribution in [2.75, 3.05) is 18.5 Å². The van der Waals surface area contributed by atoms with E-state index in [2.05, 4.69) is 18.3 Å². The summed E-state index contributed by atoms with van der Waals surface area (Å²) in [6.07, 6.45) is 0. The van der Waals surface area contributed by atoms with Gasteiger partial charge in [0.1, 0.15) is 13.2 Å². The first-order valence-corrected chi connectivity index (χ1v) is 7.02. The van der Waals surface area contributed by atoms with Crippen molar-refractivity contribution in [3.63, 3.8) is 0 Å². The van der Waals surface area contributed by atoms with Crippen LogP contribution in [0, 0.1) is 0 Å². The average molecular weight is 290 g/mol. The Labute approximate surface area is 123 Å². The Bertz CT molecular complexity index is 598. The lowest BCUT2D eigenvalue weighted by molar-refractivity contribution is 0.171. The second-order valence-electron chi connectivity index (χ2n) is 4.78. The van der Waals surface area contributed by atoms with E-state index in [-0.39, 0.29) is 6.04 Å². The van der Waals surface area contributed by atoms with E-state index in [1.54, 1.807) is 0 Å². The average Bonchev–Trinajstić information content (AvgIpc) is 2.49. The Hall–Kier alpha value is -1.87. The molecule has 1 aliphatic heterocycles. The zero-order valence-electron chi connectivity index (χ0n) is 11.2. The van der Waals surface area contributed by atoms with Gasteiger partial charge in [-0.3, -0.25) is 0 Å². The first-order valence-electron chi connectivity index (χ1n) is 6.64. The minimum absolute atomic E-state index is 0.173. The number of ether oxygens (including phenoxy) is 2. The molecule has 1 atom stereocenters. The Morgan fingerprint density at radius 3 is 2.45 bits per heavy atom. The van der Waals surface area contributed by atoms with Crippen molar-refractivity contribution in [1.82, 2.24) is 0 Å². The maximum Gasteiger partial charge on any atom is 0.161 e. The van der Waals surface area contributed by atoms with Gasteiger partial charge < -0.3 is 14.8 Å². The van der Waals surface area contributed by atoms with E-state index in [1.165, 1.54) is 0 Å². The summed E-state index contributed by atoms with van der Waals surface area (Å²) in [5.74, 6) is 1.64. The summed E-state index contributed by atoms with van der Waals surface area (Å²) in [7, 11) is 0. The molecule has 0 radical (unpaired) electrons. The van der Waals surface area contributed by atoms with Gasteiger partial charge in [0.25, 0.3) is 0 Å². The smallest absolute Gasteiger partial charge is 0.161 e. The molecular weight excluding hydrogens is 274 g/mol. The molecule has 0 amide bonds. The van der Waals surface area contributed by atoms with Gasteiger partial charge >= 0.3 is 0 Å². The summed E-state index contributed by atoms with van der Waals surface area (Å²) in [6.45, 7) is 3.33. The van der Waals surface area contributed by atoms with Crippen molar-refractivity contribution in [2.45, 2.75) is 13.0 Å². The zero-order chi connectivity index (χ0) is 13.9. The molecule has 4 heteroatoms. The molecule has 1 unspecified atom stereocenters. The molecule has 0 aromatic heterocycles. The summed E-state index contributed by atoms with van der Waals surface area (Å²) in [5.41, 5.74) is 2.20. The van der Waals surface area contributed by atoms with Crippen LogP contribution in [0.15, 0.2) is 42.5 Å². The summed E-state index contributed by atoms with van der Waals surface area (Å²) in [6, 6.07) is 13.9. The number of halogens is 1. The van der Waals surface area contributed by atoms with E-state index in [1.807, 2.05) is 36.4 Å². The lowest BCUT2D eigenvalue weighted by Crippen LogP contribution is -2.16. The van der Waals surface area contributed by atoms with Crippen LogP contribution in [0.4, 0.5) is 5.69 Å². The van der Waals surface area contributed by atoms with Crippen molar-refractivity contribution in [1.29, 1.82) is 0 Å². The van der Waals surface area contributed by atoms with Crippen molar-refractivity contribution in [3.05, 3.63) is 53.1 Å². The molecule has 0 bridgehead atoms. The second kappa shape index (κ2) is 5.63. The molecule has 1 N–H and O–H groups in total. The fourth-order valence-corrected chi connectivity index (χ4v) is 2.33. The number of anilines is 1. The van der Waals surface area contributed by atoms with Crippen molar-refractivity contribution in [3.8, 4) is 11.5 Å². The van der Waals surface area contributed by atoms with E-state index in [0.29, 0.717) is 13.2 Å². The number of fused-ring (bicyclic) bond motifs is 1. The number of rotatable bonds is 3. The minimum Gasteiger partial charge on any atom is -0.486 e. The SMILES string of the molecule is CC(Nc1ccc(Cl)cc1)c1ccc2c(c1)OCCO2. The van der Waals surface area contributed by atoms with Crippen LogP contribution in [0.1, 0.15) is 18.5 Å². The molecule has 3 nitrogen and oxygen atoms in total. The van der Waals surface area contributed by atoms with Crippen molar-refractivity contribution < 1.29 is 9.47 Å². The van der Waals surface area contributed by atoms with Crippen molar-refractivity contribution in [2.24, 2.45) is 0 Å². The van der Waals surface area contributed by atoms with Gasteiger partial charge in [-0.25, -0.2) is 0 Å². The first-order chi connectivity index (χ1) is 9.72. The summed E-state index contributed by atoms with van der Waals surface area (Å²) < 4.78 is 11.1. The van der Waals surface area contributed by atoms with E-state index < -0.39 is 0 Å². The standard InChI is InChI=1S/C16H16ClNO2/c1-11(18-14-5-3-13(17)4-6-14)12-2-7-15-16(10-12)20-9-8-19-15/h2-7,10-11,18H,8-9H2,1H3. The van der Waals surface area contributed by atoms with Crippen LogP contribution in [0.25, 0.3) is 0 Å². The fraction of sp³-hybridized carbons (Fsp3) is 0.250. The monoisotopic (exact) mass is 289 g/mol. The van der Waals surface area contributed by atoms with E-state index >= 15 is 0 Å². The normalized spacial score (nSPS) is 14.7. The predicted molar refractivity (Wildman–Crippen MR) is 80.9 cm³/mol. The quantitative estimate of drug-likeness (QED) is 0.914. The second-order valence-corrected chi connectivity index (χ2v) is 5.21. The molecule has 3 rings (SSSR count). The van der Waals surface area contributed by atoms with Crippen LogP contribution >= 0.6 is 11.6 Å². The highest BCUT2D eigenvalue weighted by Gasteiger charge is 2.14. The number of nitrogens with one attached hydrogen (secondary N) is 1. The highest BCUT2D eigenvalue weighted by Crippen LogP contribution is 2.33. The van der Waals surface area contributed by atoms with Gasteiger partial charge in [-0.05, 0) is 48.9 Å². The molecule has 2 aromatic rings. The van der Waals surface area contributed by atoms with Crippen molar-refractivity contribution >= 4 is 17.3 Å². The lowest BCUT2D eigenvalue weighted by Gasteiger charge is -2.21. The van der Waals surface area contributed by atoms with Gasteiger partial charge in [0.05, 0.1) is 0 Å². The van der Waals surface area contributed by atoms with Crippen LogP contribution in [-0.2, 0) is 0 Å². The van der Waals surface area contributed by atoms with Crippen LogP contribution < -0.4 is 14.8 Å². The van der Waals surface area contributed by atoms with Gasteiger partial charge in [0.2, 0.25) is 0 Å². The molecule has 1 heterocycles. The predicted octanol–water partition coefficient (Wildman–Crippen LogP) is 4.28. The maximum atomic E-state index is 5.89. The van der Waals surface area contributed by atoms with Crippen LogP contribution in [0.2, 0.25) is 5.02 Å².